The molecule has 1 heterocycles. The van der Waals surface area contributed by atoms with Gasteiger partial charge in [-0.05, 0) is 26.7 Å². The van der Waals surface area contributed by atoms with Crippen LogP contribution in [0, 0.1) is 5.92 Å². The van der Waals surface area contributed by atoms with Crippen LogP contribution in [-0.2, 0) is 6.42 Å². The van der Waals surface area contributed by atoms with Crippen molar-refractivity contribution < 1.29 is 19.4 Å². The summed E-state index contributed by atoms with van der Waals surface area (Å²) in [6.07, 6.45) is 1.61. The number of ketones is 1. The molecule has 4 heteroatoms. The van der Waals surface area contributed by atoms with Crippen molar-refractivity contribution in [3.8, 4) is 17.2 Å². The molecule has 0 unspecified atom stereocenters. The molecule has 0 saturated heterocycles. The van der Waals surface area contributed by atoms with Gasteiger partial charge in [0.25, 0.3) is 0 Å². The monoisotopic (exact) mass is 278 g/mol. The normalized spacial score (nSPS) is 16.5. The molecule has 0 bridgehead atoms. The van der Waals surface area contributed by atoms with Crippen LogP contribution in [0.5, 0.6) is 17.2 Å². The third kappa shape index (κ3) is 2.47. The summed E-state index contributed by atoms with van der Waals surface area (Å²) in [6, 6.07) is 1.51. The predicted molar refractivity (Wildman–Crippen MR) is 76.9 cm³/mol. The lowest BCUT2D eigenvalue weighted by Gasteiger charge is -2.34. The fourth-order valence-electron chi connectivity index (χ4n) is 2.47. The fraction of sp³-hybridized carbons (Fsp3) is 0.562. The first-order valence-corrected chi connectivity index (χ1v) is 6.93. The van der Waals surface area contributed by atoms with Gasteiger partial charge in [-0.2, -0.15) is 0 Å². The third-order valence-electron chi connectivity index (χ3n) is 3.67. The van der Waals surface area contributed by atoms with Crippen LogP contribution >= 0.6 is 0 Å². The van der Waals surface area contributed by atoms with Crippen molar-refractivity contribution in [1.29, 1.82) is 0 Å². The standard InChI is InChI=1S/C16H22O4/c1-9(2)14(18)13-11(17)8-12(19-5)10-6-7-16(3,4)20-15(10)13/h8-9,17H,6-7H2,1-5H3. The van der Waals surface area contributed by atoms with Gasteiger partial charge in [-0.3, -0.25) is 4.79 Å². The zero-order chi connectivity index (χ0) is 15.1. The van der Waals surface area contributed by atoms with Crippen LogP contribution in [-0.4, -0.2) is 23.6 Å². The summed E-state index contributed by atoms with van der Waals surface area (Å²) >= 11 is 0. The molecule has 1 aliphatic heterocycles. The highest BCUT2D eigenvalue weighted by Gasteiger charge is 2.34. The highest BCUT2D eigenvalue weighted by atomic mass is 16.5. The SMILES string of the molecule is COc1cc(O)c(C(=O)C(C)C)c2c1CCC(C)(C)O2. The Bertz CT molecular complexity index is 544. The van der Waals surface area contributed by atoms with E-state index < -0.39 is 0 Å². The van der Waals surface area contributed by atoms with Crippen LogP contribution in [0.25, 0.3) is 0 Å². The molecule has 0 aliphatic carbocycles. The van der Waals surface area contributed by atoms with E-state index in [1.807, 2.05) is 27.7 Å². The van der Waals surface area contributed by atoms with Gasteiger partial charge < -0.3 is 14.6 Å². The highest BCUT2D eigenvalue weighted by molar-refractivity contribution is 6.03. The van der Waals surface area contributed by atoms with Crippen LogP contribution in [0.3, 0.4) is 0 Å². The Morgan fingerprint density at radius 2 is 2.10 bits per heavy atom. The van der Waals surface area contributed by atoms with E-state index in [2.05, 4.69) is 0 Å². The number of hydrogen-bond donors (Lipinski definition) is 1. The van der Waals surface area contributed by atoms with Gasteiger partial charge in [0.05, 0.1) is 7.11 Å². The molecular weight excluding hydrogens is 256 g/mol. The van der Waals surface area contributed by atoms with E-state index in [1.165, 1.54) is 6.07 Å². The Kier molecular flexibility index (Phi) is 3.67. The molecule has 1 aliphatic rings. The minimum absolute atomic E-state index is 0.0722. The van der Waals surface area contributed by atoms with Crippen molar-refractivity contribution in [3.05, 3.63) is 17.2 Å². The molecule has 1 N–H and O–H groups in total. The zero-order valence-electron chi connectivity index (χ0n) is 12.7. The Balaban J connectivity index is 2.66. The molecule has 0 aromatic heterocycles. The Hall–Kier alpha value is -1.71. The van der Waals surface area contributed by atoms with Gasteiger partial charge in [0.2, 0.25) is 0 Å². The minimum atomic E-state index is -0.349. The molecule has 20 heavy (non-hydrogen) atoms. The molecule has 0 atom stereocenters. The van der Waals surface area contributed by atoms with E-state index in [0.29, 0.717) is 11.5 Å². The van der Waals surface area contributed by atoms with Gasteiger partial charge in [0, 0.05) is 17.5 Å². The lowest BCUT2D eigenvalue weighted by Crippen LogP contribution is -2.34. The summed E-state index contributed by atoms with van der Waals surface area (Å²) in [5, 5.41) is 10.2. The summed E-state index contributed by atoms with van der Waals surface area (Å²) in [5.41, 5.74) is 0.801. The molecule has 0 saturated carbocycles. The summed E-state index contributed by atoms with van der Waals surface area (Å²) < 4.78 is 11.3. The Morgan fingerprint density at radius 1 is 1.45 bits per heavy atom. The summed E-state index contributed by atoms with van der Waals surface area (Å²) in [7, 11) is 1.55. The number of aromatic hydroxyl groups is 1. The van der Waals surface area contributed by atoms with Gasteiger partial charge in [0.15, 0.2) is 5.78 Å². The molecule has 0 amide bonds. The van der Waals surface area contributed by atoms with Crippen molar-refractivity contribution in [3.63, 3.8) is 0 Å². The maximum absolute atomic E-state index is 12.4. The number of phenolic OH excluding ortho intramolecular Hbond substituents is 1. The van der Waals surface area contributed by atoms with Crippen LogP contribution in [0.2, 0.25) is 0 Å². The van der Waals surface area contributed by atoms with E-state index in [0.717, 1.165) is 18.4 Å². The molecule has 0 spiro atoms. The first-order valence-electron chi connectivity index (χ1n) is 6.93. The van der Waals surface area contributed by atoms with Gasteiger partial charge in [-0.25, -0.2) is 0 Å². The highest BCUT2D eigenvalue weighted by Crippen LogP contribution is 2.45. The zero-order valence-corrected chi connectivity index (χ0v) is 12.7. The molecule has 4 nitrogen and oxygen atoms in total. The average molecular weight is 278 g/mol. The van der Waals surface area contributed by atoms with Crippen LogP contribution in [0.1, 0.15) is 50.0 Å². The van der Waals surface area contributed by atoms with Gasteiger partial charge in [0.1, 0.15) is 28.4 Å². The number of Topliss-reactive ketones (excluding diaryl/α,β-unsaturated/α-hetero) is 1. The van der Waals surface area contributed by atoms with Gasteiger partial charge in [-0.1, -0.05) is 13.8 Å². The molecule has 2 rings (SSSR count). The van der Waals surface area contributed by atoms with E-state index in [-0.39, 0.29) is 28.6 Å². The van der Waals surface area contributed by atoms with Gasteiger partial charge in [-0.15, -0.1) is 0 Å². The summed E-state index contributed by atoms with van der Waals surface area (Å²) in [5.74, 6) is 0.674. The Morgan fingerprint density at radius 3 is 2.65 bits per heavy atom. The van der Waals surface area contributed by atoms with Crippen molar-refractivity contribution >= 4 is 5.78 Å². The molecule has 110 valence electrons. The number of hydrogen-bond acceptors (Lipinski definition) is 4. The number of phenols is 1. The Labute approximate surface area is 119 Å². The fourth-order valence-corrected chi connectivity index (χ4v) is 2.47. The topological polar surface area (TPSA) is 55.8 Å². The van der Waals surface area contributed by atoms with Crippen molar-refractivity contribution in [2.24, 2.45) is 5.92 Å². The van der Waals surface area contributed by atoms with Crippen LogP contribution in [0.4, 0.5) is 0 Å². The second-order valence-corrected chi connectivity index (χ2v) is 6.16. The summed E-state index contributed by atoms with van der Waals surface area (Å²) in [4.78, 5) is 12.4. The largest absolute Gasteiger partial charge is 0.507 e. The van der Waals surface area contributed by atoms with Crippen LogP contribution < -0.4 is 9.47 Å². The molecule has 0 fully saturated rings. The molecular formula is C16H22O4. The lowest BCUT2D eigenvalue weighted by atomic mass is 9.89. The number of rotatable bonds is 3. The second kappa shape index (κ2) is 5.00. The number of ether oxygens (including phenoxy) is 2. The smallest absolute Gasteiger partial charge is 0.172 e. The summed E-state index contributed by atoms with van der Waals surface area (Å²) in [6.45, 7) is 7.59. The number of fused-ring (bicyclic) bond motifs is 1. The van der Waals surface area contributed by atoms with E-state index in [1.54, 1.807) is 7.11 Å². The maximum Gasteiger partial charge on any atom is 0.172 e. The number of methoxy groups -OCH3 is 1. The average Bonchev–Trinajstić information content (AvgIpc) is 2.35. The predicted octanol–water partition coefficient (Wildman–Crippen LogP) is 3.34. The number of carbonyl (C=O) groups is 1. The molecule has 0 radical (unpaired) electrons. The molecule has 1 aromatic carbocycles. The quantitative estimate of drug-likeness (QED) is 0.861. The maximum atomic E-state index is 12.4. The van der Waals surface area contributed by atoms with Crippen molar-refractivity contribution in [2.45, 2.75) is 46.1 Å². The van der Waals surface area contributed by atoms with Crippen LogP contribution in [0.15, 0.2) is 6.07 Å². The van der Waals surface area contributed by atoms with Crippen molar-refractivity contribution in [1.82, 2.24) is 0 Å². The first kappa shape index (κ1) is 14.7. The van der Waals surface area contributed by atoms with Crippen molar-refractivity contribution in [2.75, 3.05) is 7.11 Å². The third-order valence-corrected chi connectivity index (χ3v) is 3.67. The number of benzene rings is 1. The molecule has 1 aromatic rings. The van der Waals surface area contributed by atoms with Gasteiger partial charge >= 0.3 is 0 Å². The van der Waals surface area contributed by atoms with E-state index >= 15 is 0 Å². The van der Waals surface area contributed by atoms with E-state index in [9.17, 15) is 9.90 Å². The lowest BCUT2D eigenvalue weighted by molar-refractivity contribution is 0.0776. The second-order valence-electron chi connectivity index (χ2n) is 6.16. The minimum Gasteiger partial charge on any atom is -0.507 e. The van der Waals surface area contributed by atoms with E-state index in [4.69, 9.17) is 9.47 Å². The number of carbonyl (C=O) groups excluding carboxylic acids is 1. The first-order chi connectivity index (χ1) is 9.26.